The van der Waals surface area contributed by atoms with E-state index in [4.69, 9.17) is 14.2 Å². The minimum Gasteiger partial charge on any atom is -0.486 e. The van der Waals surface area contributed by atoms with Crippen molar-refractivity contribution in [3.63, 3.8) is 0 Å². The zero-order valence-electron chi connectivity index (χ0n) is 15.8. The van der Waals surface area contributed by atoms with Gasteiger partial charge in [0, 0.05) is 20.1 Å². The van der Waals surface area contributed by atoms with Gasteiger partial charge in [0.2, 0.25) is 0 Å². The topological polar surface area (TPSA) is 68.3 Å². The highest BCUT2D eigenvalue weighted by molar-refractivity contribution is 5.98. The Morgan fingerprint density at radius 2 is 1.96 bits per heavy atom. The molecule has 0 aliphatic carbocycles. The number of nitrogens with zero attached hydrogens (tertiary/aromatic N) is 2. The molecule has 7 nitrogen and oxygen atoms in total. The van der Waals surface area contributed by atoms with Gasteiger partial charge in [0.1, 0.15) is 18.8 Å². The Morgan fingerprint density at radius 3 is 2.69 bits per heavy atom. The molecule has 2 heterocycles. The summed E-state index contributed by atoms with van der Waals surface area (Å²) in [5.74, 6) is 0.957. The largest absolute Gasteiger partial charge is 0.486 e. The second kappa shape index (κ2) is 7.05. The molecule has 0 spiro atoms. The van der Waals surface area contributed by atoms with E-state index in [-0.39, 0.29) is 18.0 Å². The van der Waals surface area contributed by atoms with Crippen molar-refractivity contribution in [2.45, 2.75) is 38.8 Å². The number of rotatable bonds is 2. The standard InChI is InChI=1S/C19H26N2O5/c1-19(2,3)26-18(23)21-9-8-13(12-21)20(4)17(22)14-6-5-7-15-16(14)25-11-10-24-15/h5-7,13H,8-12H2,1-4H3/t13-/m1/s1. The molecule has 1 aromatic carbocycles. The van der Waals surface area contributed by atoms with Crippen LogP contribution in [0.25, 0.3) is 0 Å². The molecule has 2 amide bonds. The number of carbonyl (C=O) groups excluding carboxylic acids is 2. The molecule has 1 fully saturated rings. The third-order valence-corrected chi connectivity index (χ3v) is 4.48. The van der Waals surface area contributed by atoms with E-state index in [1.807, 2.05) is 20.8 Å². The van der Waals surface area contributed by atoms with Gasteiger partial charge in [0.05, 0.1) is 11.6 Å². The van der Waals surface area contributed by atoms with Gasteiger partial charge >= 0.3 is 6.09 Å². The molecule has 3 rings (SSSR count). The Morgan fingerprint density at radius 1 is 1.23 bits per heavy atom. The van der Waals surface area contributed by atoms with Crippen molar-refractivity contribution in [3.05, 3.63) is 23.8 Å². The lowest BCUT2D eigenvalue weighted by Gasteiger charge is -2.28. The Kier molecular flexibility index (Phi) is 4.98. The Bertz CT molecular complexity index is 698. The van der Waals surface area contributed by atoms with Crippen LogP contribution in [0.4, 0.5) is 4.79 Å². The predicted molar refractivity (Wildman–Crippen MR) is 95.7 cm³/mol. The number of ether oxygens (including phenoxy) is 3. The van der Waals surface area contributed by atoms with E-state index in [1.54, 1.807) is 35.0 Å². The molecule has 2 aliphatic heterocycles. The number of para-hydroxylation sites is 1. The third-order valence-electron chi connectivity index (χ3n) is 4.48. The molecule has 0 bridgehead atoms. The van der Waals surface area contributed by atoms with Crippen molar-refractivity contribution in [2.75, 3.05) is 33.4 Å². The molecule has 1 saturated heterocycles. The third kappa shape index (κ3) is 3.86. The highest BCUT2D eigenvalue weighted by atomic mass is 16.6. The first-order valence-electron chi connectivity index (χ1n) is 8.90. The molecule has 2 aliphatic rings. The number of hydrogen-bond donors (Lipinski definition) is 0. The molecule has 0 aromatic heterocycles. The van der Waals surface area contributed by atoms with Crippen molar-refractivity contribution < 1.29 is 23.8 Å². The van der Waals surface area contributed by atoms with Crippen LogP contribution in [0, 0.1) is 0 Å². The lowest BCUT2D eigenvalue weighted by atomic mass is 10.1. The monoisotopic (exact) mass is 362 g/mol. The number of likely N-dealkylation sites (N-methyl/N-ethyl adjacent to an activating group) is 1. The lowest BCUT2D eigenvalue weighted by molar-refractivity contribution is 0.0279. The smallest absolute Gasteiger partial charge is 0.410 e. The minimum atomic E-state index is -0.530. The quantitative estimate of drug-likeness (QED) is 0.809. The first-order chi connectivity index (χ1) is 12.3. The molecular formula is C19H26N2O5. The molecule has 0 N–H and O–H groups in total. The first kappa shape index (κ1) is 18.4. The van der Waals surface area contributed by atoms with Gasteiger partial charge in [-0.05, 0) is 39.3 Å². The van der Waals surface area contributed by atoms with Crippen LogP contribution in [0.5, 0.6) is 11.5 Å². The fourth-order valence-electron chi connectivity index (χ4n) is 3.15. The zero-order valence-corrected chi connectivity index (χ0v) is 15.8. The number of likely N-dealkylation sites (tertiary alicyclic amines) is 1. The van der Waals surface area contributed by atoms with Crippen molar-refractivity contribution in [1.82, 2.24) is 9.80 Å². The average molecular weight is 362 g/mol. The summed E-state index contributed by atoms with van der Waals surface area (Å²) in [6, 6.07) is 5.27. The van der Waals surface area contributed by atoms with E-state index in [0.717, 1.165) is 0 Å². The molecule has 0 unspecified atom stereocenters. The van der Waals surface area contributed by atoms with Crippen LogP contribution in [0.1, 0.15) is 37.6 Å². The Balaban J connectivity index is 1.68. The summed E-state index contributed by atoms with van der Waals surface area (Å²) in [6.07, 6.45) is 0.378. The maximum absolute atomic E-state index is 13.0. The molecule has 142 valence electrons. The molecule has 0 saturated carbocycles. The van der Waals surface area contributed by atoms with E-state index in [9.17, 15) is 9.59 Å². The van der Waals surface area contributed by atoms with Gasteiger partial charge in [-0.2, -0.15) is 0 Å². The van der Waals surface area contributed by atoms with Gasteiger partial charge in [-0.25, -0.2) is 4.79 Å². The van der Waals surface area contributed by atoms with Crippen LogP contribution < -0.4 is 9.47 Å². The Labute approximate surface area is 153 Å². The maximum atomic E-state index is 13.0. The highest BCUT2D eigenvalue weighted by Gasteiger charge is 2.34. The van der Waals surface area contributed by atoms with Gasteiger partial charge in [0.15, 0.2) is 11.5 Å². The van der Waals surface area contributed by atoms with Crippen LogP contribution in [0.2, 0.25) is 0 Å². The summed E-state index contributed by atoms with van der Waals surface area (Å²) in [4.78, 5) is 28.5. The second-order valence-corrected chi connectivity index (χ2v) is 7.61. The van der Waals surface area contributed by atoms with E-state index in [0.29, 0.717) is 49.8 Å². The van der Waals surface area contributed by atoms with Crippen molar-refractivity contribution in [1.29, 1.82) is 0 Å². The fourth-order valence-corrected chi connectivity index (χ4v) is 3.15. The van der Waals surface area contributed by atoms with Gasteiger partial charge < -0.3 is 24.0 Å². The van der Waals surface area contributed by atoms with Crippen LogP contribution in [0.3, 0.4) is 0 Å². The minimum absolute atomic E-state index is 0.0598. The first-order valence-corrected chi connectivity index (χ1v) is 8.90. The van der Waals surface area contributed by atoms with Crippen LogP contribution in [-0.2, 0) is 4.74 Å². The van der Waals surface area contributed by atoms with Gasteiger partial charge in [-0.1, -0.05) is 6.07 Å². The fraction of sp³-hybridized carbons (Fsp3) is 0.579. The van der Waals surface area contributed by atoms with Crippen molar-refractivity contribution >= 4 is 12.0 Å². The van der Waals surface area contributed by atoms with Crippen LogP contribution >= 0.6 is 0 Å². The number of hydrogen-bond acceptors (Lipinski definition) is 5. The molecule has 0 radical (unpaired) electrons. The number of amides is 2. The predicted octanol–water partition coefficient (Wildman–Crippen LogP) is 2.54. The summed E-state index contributed by atoms with van der Waals surface area (Å²) in [5, 5.41) is 0. The molecular weight excluding hydrogens is 336 g/mol. The average Bonchev–Trinajstić information content (AvgIpc) is 3.09. The summed E-state index contributed by atoms with van der Waals surface area (Å²) in [6.45, 7) is 7.47. The zero-order chi connectivity index (χ0) is 18.9. The summed E-state index contributed by atoms with van der Waals surface area (Å²) < 4.78 is 16.6. The van der Waals surface area contributed by atoms with E-state index in [1.165, 1.54) is 0 Å². The lowest BCUT2D eigenvalue weighted by Crippen LogP contribution is -2.41. The van der Waals surface area contributed by atoms with Crippen LogP contribution in [0.15, 0.2) is 18.2 Å². The van der Waals surface area contributed by atoms with E-state index >= 15 is 0 Å². The van der Waals surface area contributed by atoms with Crippen molar-refractivity contribution in [3.8, 4) is 11.5 Å². The second-order valence-electron chi connectivity index (χ2n) is 7.61. The van der Waals surface area contributed by atoms with E-state index in [2.05, 4.69) is 0 Å². The summed E-state index contributed by atoms with van der Waals surface area (Å²) in [7, 11) is 1.76. The van der Waals surface area contributed by atoms with Gasteiger partial charge in [0.25, 0.3) is 5.91 Å². The molecule has 26 heavy (non-hydrogen) atoms. The molecule has 1 aromatic rings. The summed E-state index contributed by atoms with van der Waals surface area (Å²) in [5.41, 5.74) is -0.0439. The maximum Gasteiger partial charge on any atom is 0.410 e. The molecule has 7 heteroatoms. The van der Waals surface area contributed by atoms with Crippen molar-refractivity contribution in [2.24, 2.45) is 0 Å². The normalized spacial score (nSPS) is 19.2. The highest BCUT2D eigenvalue weighted by Crippen LogP contribution is 2.34. The van der Waals surface area contributed by atoms with Gasteiger partial charge in [-0.15, -0.1) is 0 Å². The Hall–Kier alpha value is -2.44. The van der Waals surface area contributed by atoms with Crippen LogP contribution in [-0.4, -0.2) is 66.8 Å². The number of carbonyl (C=O) groups is 2. The van der Waals surface area contributed by atoms with E-state index < -0.39 is 5.60 Å². The van der Waals surface area contributed by atoms with Gasteiger partial charge in [-0.3, -0.25) is 4.79 Å². The SMILES string of the molecule is CN(C(=O)c1cccc2c1OCCO2)[C@@H]1CCN(C(=O)OC(C)(C)C)C1. The summed E-state index contributed by atoms with van der Waals surface area (Å²) >= 11 is 0. The molecule has 1 atom stereocenters. The number of fused-ring (bicyclic) bond motifs is 1. The number of benzene rings is 1.